The van der Waals surface area contributed by atoms with E-state index in [1.807, 2.05) is 44.2 Å². The van der Waals surface area contributed by atoms with Gasteiger partial charge in [0.05, 0.1) is 31.5 Å². The molecule has 2 heterocycles. The number of methoxy groups -OCH3 is 2. The molecule has 2 fully saturated rings. The van der Waals surface area contributed by atoms with E-state index in [-0.39, 0.29) is 18.3 Å². The van der Waals surface area contributed by atoms with Gasteiger partial charge in [0.1, 0.15) is 12.2 Å². The summed E-state index contributed by atoms with van der Waals surface area (Å²) in [6.07, 6.45) is -1.51. The molecule has 26 heavy (non-hydrogen) atoms. The van der Waals surface area contributed by atoms with E-state index in [0.29, 0.717) is 19.6 Å². The minimum atomic E-state index is -0.665. The van der Waals surface area contributed by atoms with Gasteiger partial charge >= 0.3 is 0 Å². The van der Waals surface area contributed by atoms with Crippen LogP contribution in [0.15, 0.2) is 30.3 Å². The Labute approximate surface area is 155 Å². The predicted molar refractivity (Wildman–Crippen MR) is 95.7 cm³/mol. The molecule has 1 N–H and O–H groups in total. The Morgan fingerprint density at radius 3 is 2.58 bits per heavy atom. The third-order valence-corrected chi connectivity index (χ3v) is 5.54. The fourth-order valence-electron chi connectivity index (χ4n) is 3.74. The maximum absolute atomic E-state index is 11.1. The Balaban J connectivity index is 1.72. The lowest BCUT2D eigenvalue weighted by Crippen LogP contribution is -2.63. The fourth-order valence-corrected chi connectivity index (χ4v) is 3.74. The second kappa shape index (κ2) is 8.33. The zero-order chi connectivity index (χ0) is 18.7. The van der Waals surface area contributed by atoms with Gasteiger partial charge in [0, 0.05) is 31.6 Å². The van der Waals surface area contributed by atoms with Crippen molar-refractivity contribution in [3.63, 3.8) is 0 Å². The van der Waals surface area contributed by atoms with Gasteiger partial charge < -0.3 is 28.8 Å². The van der Waals surface area contributed by atoms with Crippen molar-refractivity contribution in [2.24, 2.45) is 5.41 Å². The molecule has 6 nitrogen and oxygen atoms in total. The summed E-state index contributed by atoms with van der Waals surface area (Å²) in [5.41, 5.74) is 0.460. The molecule has 0 spiro atoms. The van der Waals surface area contributed by atoms with Crippen LogP contribution in [0.4, 0.5) is 0 Å². The number of hydrogen-bond acceptors (Lipinski definition) is 6. The average molecular weight is 366 g/mol. The molecule has 1 aromatic carbocycles. The first-order valence-corrected chi connectivity index (χ1v) is 9.14. The van der Waals surface area contributed by atoms with Crippen molar-refractivity contribution in [3.05, 3.63) is 35.9 Å². The lowest BCUT2D eigenvalue weighted by atomic mass is 9.73. The molecule has 0 radical (unpaired) electrons. The molecule has 3 rings (SSSR count). The summed E-state index contributed by atoms with van der Waals surface area (Å²) in [5, 5.41) is 11.1. The van der Waals surface area contributed by atoms with Crippen LogP contribution in [-0.4, -0.2) is 63.1 Å². The molecule has 1 aromatic rings. The molecule has 0 bridgehead atoms. The summed E-state index contributed by atoms with van der Waals surface area (Å²) in [7, 11) is 3.31. The standard InChI is InChI=1S/C20H30O6/c1-20(2)16(10-14(23-4)11-22-3)25-15-12-24-19(26-17(15)18(20)21)13-8-6-5-7-9-13/h5-9,14-19,21H,10-12H2,1-4H3/t14-,15+,16+,17-,18+,19?/m0/s1. The van der Waals surface area contributed by atoms with E-state index in [2.05, 4.69) is 0 Å². The molecular formula is C20H30O6. The third kappa shape index (κ3) is 3.96. The molecule has 0 amide bonds. The van der Waals surface area contributed by atoms with Crippen LogP contribution in [0, 0.1) is 5.41 Å². The Bertz CT molecular complexity index is 563. The van der Waals surface area contributed by atoms with E-state index in [9.17, 15) is 5.11 Å². The summed E-state index contributed by atoms with van der Waals surface area (Å²) in [5.74, 6) is 0. The number of ether oxygens (including phenoxy) is 5. The van der Waals surface area contributed by atoms with E-state index >= 15 is 0 Å². The fraction of sp³-hybridized carbons (Fsp3) is 0.700. The van der Waals surface area contributed by atoms with E-state index < -0.39 is 23.9 Å². The number of rotatable bonds is 6. The SMILES string of the molecule is COC[C@H](C[C@H]1O[C@@H]2COC(c3ccccc3)O[C@@H]2[C@@H](O)C1(C)C)OC. The van der Waals surface area contributed by atoms with Crippen LogP contribution in [0.2, 0.25) is 0 Å². The summed E-state index contributed by atoms with van der Waals surface area (Å²) < 4.78 is 28.9. The van der Waals surface area contributed by atoms with Crippen LogP contribution in [0.25, 0.3) is 0 Å². The minimum absolute atomic E-state index is 0.0875. The number of benzene rings is 1. The van der Waals surface area contributed by atoms with Gasteiger partial charge in [-0.05, 0) is 0 Å². The first-order valence-electron chi connectivity index (χ1n) is 9.14. The van der Waals surface area contributed by atoms with Crippen molar-refractivity contribution in [3.8, 4) is 0 Å². The zero-order valence-electron chi connectivity index (χ0n) is 16.0. The molecular weight excluding hydrogens is 336 g/mol. The highest BCUT2D eigenvalue weighted by Gasteiger charge is 2.53. The van der Waals surface area contributed by atoms with Crippen LogP contribution < -0.4 is 0 Å². The van der Waals surface area contributed by atoms with Crippen LogP contribution in [0.1, 0.15) is 32.1 Å². The van der Waals surface area contributed by atoms with Crippen molar-refractivity contribution in [1.82, 2.24) is 0 Å². The summed E-state index contributed by atoms with van der Waals surface area (Å²) in [6, 6.07) is 9.77. The Kier molecular flexibility index (Phi) is 6.33. The normalized spacial score (nSPS) is 34.9. The van der Waals surface area contributed by atoms with E-state index in [1.165, 1.54) is 0 Å². The Morgan fingerprint density at radius 1 is 1.19 bits per heavy atom. The highest BCUT2D eigenvalue weighted by atomic mass is 16.7. The molecule has 6 heteroatoms. The summed E-state index contributed by atoms with van der Waals surface area (Å²) >= 11 is 0. The molecule has 0 aromatic heterocycles. The molecule has 1 unspecified atom stereocenters. The van der Waals surface area contributed by atoms with E-state index in [1.54, 1.807) is 14.2 Å². The lowest BCUT2D eigenvalue weighted by Gasteiger charge is -2.52. The molecule has 0 saturated carbocycles. The monoisotopic (exact) mass is 366 g/mol. The van der Waals surface area contributed by atoms with Gasteiger partial charge in [-0.25, -0.2) is 0 Å². The van der Waals surface area contributed by atoms with Crippen molar-refractivity contribution in [2.45, 2.75) is 57.1 Å². The van der Waals surface area contributed by atoms with Gasteiger partial charge in [-0.15, -0.1) is 0 Å². The van der Waals surface area contributed by atoms with Gasteiger partial charge in [-0.3, -0.25) is 0 Å². The molecule has 2 saturated heterocycles. The molecule has 6 atom stereocenters. The molecule has 0 aliphatic carbocycles. The van der Waals surface area contributed by atoms with Crippen molar-refractivity contribution in [2.75, 3.05) is 27.4 Å². The first kappa shape index (κ1) is 19.7. The number of aliphatic hydroxyl groups is 1. The Morgan fingerprint density at radius 2 is 1.92 bits per heavy atom. The van der Waals surface area contributed by atoms with Crippen LogP contribution in [-0.2, 0) is 23.7 Å². The van der Waals surface area contributed by atoms with Gasteiger partial charge in [-0.2, -0.15) is 0 Å². The highest BCUT2D eigenvalue weighted by molar-refractivity contribution is 5.17. The van der Waals surface area contributed by atoms with Gasteiger partial charge in [0.15, 0.2) is 6.29 Å². The highest BCUT2D eigenvalue weighted by Crippen LogP contribution is 2.43. The maximum atomic E-state index is 11.1. The largest absolute Gasteiger partial charge is 0.390 e. The van der Waals surface area contributed by atoms with Crippen molar-refractivity contribution in [1.29, 1.82) is 0 Å². The average Bonchev–Trinajstić information content (AvgIpc) is 2.66. The number of fused-ring (bicyclic) bond motifs is 1. The summed E-state index contributed by atoms with van der Waals surface area (Å²) in [6.45, 7) is 4.89. The van der Waals surface area contributed by atoms with Crippen molar-refractivity contribution < 1.29 is 28.8 Å². The summed E-state index contributed by atoms with van der Waals surface area (Å²) in [4.78, 5) is 0. The van der Waals surface area contributed by atoms with Crippen molar-refractivity contribution >= 4 is 0 Å². The van der Waals surface area contributed by atoms with Gasteiger partial charge in [-0.1, -0.05) is 44.2 Å². The smallest absolute Gasteiger partial charge is 0.184 e. The topological polar surface area (TPSA) is 66.4 Å². The first-order chi connectivity index (χ1) is 12.5. The minimum Gasteiger partial charge on any atom is -0.390 e. The van der Waals surface area contributed by atoms with Crippen LogP contribution in [0.5, 0.6) is 0 Å². The number of aliphatic hydroxyl groups excluding tert-OH is 1. The zero-order valence-corrected chi connectivity index (χ0v) is 16.0. The number of hydrogen-bond donors (Lipinski definition) is 1. The van der Waals surface area contributed by atoms with Crippen LogP contribution in [0.3, 0.4) is 0 Å². The Hall–Kier alpha value is -1.02. The second-order valence-electron chi connectivity index (χ2n) is 7.65. The quantitative estimate of drug-likeness (QED) is 0.833. The lowest BCUT2D eigenvalue weighted by molar-refractivity contribution is -0.336. The second-order valence-corrected chi connectivity index (χ2v) is 7.65. The maximum Gasteiger partial charge on any atom is 0.184 e. The van der Waals surface area contributed by atoms with Crippen LogP contribution >= 0.6 is 0 Å². The predicted octanol–water partition coefficient (Wildman–Crippen LogP) is 2.31. The molecule has 2 aliphatic rings. The molecule has 2 aliphatic heterocycles. The van der Waals surface area contributed by atoms with Gasteiger partial charge in [0.2, 0.25) is 0 Å². The molecule has 146 valence electrons. The van der Waals surface area contributed by atoms with E-state index in [0.717, 1.165) is 5.56 Å². The third-order valence-electron chi connectivity index (χ3n) is 5.54. The van der Waals surface area contributed by atoms with E-state index in [4.69, 9.17) is 23.7 Å². The van der Waals surface area contributed by atoms with Gasteiger partial charge in [0.25, 0.3) is 0 Å².